The summed E-state index contributed by atoms with van der Waals surface area (Å²) in [5, 5.41) is 13.2. The number of piperidine rings is 2. The predicted octanol–water partition coefficient (Wildman–Crippen LogP) is -0.202. The number of aromatic nitrogens is 2. The quantitative estimate of drug-likeness (QED) is 0.736. The summed E-state index contributed by atoms with van der Waals surface area (Å²) in [7, 11) is 0. The number of rotatable bonds is 1. The number of carbonyl (C=O) groups is 2. The zero-order valence-electron chi connectivity index (χ0n) is 14.2. The van der Waals surface area contributed by atoms with E-state index in [2.05, 4.69) is 10.3 Å². The molecule has 26 heavy (non-hydrogen) atoms. The van der Waals surface area contributed by atoms with Gasteiger partial charge in [-0.15, -0.1) is 0 Å². The van der Waals surface area contributed by atoms with E-state index in [0.29, 0.717) is 31.6 Å². The molecule has 1 spiro atoms. The van der Waals surface area contributed by atoms with E-state index < -0.39 is 23.0 Å². The van der Waals surface area contributed by atoms with Crippen LogP contribution in [0.2, 0.25) is 0 Å². The van der Waals surface area contributed by atoms with Crippen molar-refractivity contribution in [1.82, 2.24) is 19.6 Å². The predicted molar refractivity (Wildman–Crippen MR) is 92.7 cm³/mol. The van der Waals surface area contributed by atoms with Crippen molar-refractivity contribution in [1.29, 1.82) is 0 Å². The Morgan fingerprint density at radius 2 is 2.19 bits per heavy atom. The van der Waals surface area contributed by atoms with Gasteiger partial charge in [-0.25, -0.2) is 4.98 Å². The van der Waals surface area contributed by atoms with Crippen LogP contribution in [-0.4, -0.2) is 56.9 Å². The third-order valence-electron chi connectivity index (χ3n) is 5.45. The van der Waals surface area contributed by atoms with E-state index in [1.165, 1.54) is 15.5 Å². The summed E-state index contributed by atoms with van der Waals surface area (Å²) in [5.41, 5.74) is -0.997. The Hall–Kier alpha value is -2.74. The summed E-state index contributed by atoms with van der Waals surface area (Å²) in [6, 6.07) is 5.15. The SMILES string of the molecule is O=C(c1cnc2ccccn2c1=O)N1CC[C@H](O)[C@@]2(CCCNC2=O)C1. The number of hydrogen-bond acceptors (Lipinski definition) is 5. The van der Waals surface area contributed by atoms with Gasteiger partial charge in [0.15, 0.2) is 0 Å². The van der Waals surface area contributed by atoms with Gasteiger partial charge >= 0.3 is 0 Å². The average Bonchev–Trinajstić information content (AvgIpc) is 2.66. The molecule has 2 atom stereocenters. The van der Waals surface area contributed by atoms with Gasteiger partial charge < -0.3 is 15.3 Å². The molecule has 0 unspecified atom stereocenters. The minimum absolute atomic E-state index is 0.0311. The van der Waals surface area contributed by atoms with Crippen LogP contribution in [0, 0.1) is 5.41 Å². The smallest absolute Gasteiger partial charge is 0.270 e. The Balaban J connectivity index is 1.67. The molecule has 8 heteroatoms. The van der Waals surface area contributed by atoms with Crippen LogP contribution in [0.5, 0.6) is 0 Å². The molecule has 2 fully saturated rings. The second kappa shape index (κ2) is 6.21. The summed E-state index contributed by atoms with van der Waals surface area (Å²) in [5.74, 6) is -0.674. The third kappa shape index (κ3) is 2.48. The highest BCUT2D eigenvalue weighted by Gasteiger charge is 2.50. The Morgan fingerprint density at radius 1 is 1.35 bits per heavy atom. The first-order valence-corrected chi connectivity index (χ1v) is 8.75. The van der Waals surface area contributed by atoms with Crippen LogP contribution in [-0.2, 0) is 4.79 Å². The van der Waals surface area contributed by atoms with Crippen LogP contribution < -0.4 is 10.9 Å². The van der Waals surface area contributed by atoms with Crippen molar-refractivity contribution >= 4 is 17.5 Å². The van der Waals surface area contributed by atoms with E-state index >= 15 is 0 Å². The van der Waals surface area contributed by atoms with Gasteiger partial charge in [-0.2, -0.15) is 0 Å². The number of carbonyl (C=O) groups excluding carboxylic acids is 2. The van der Waals surface area contributed by atoms with Crippen molar-refractivity contribution in [2.75, 3.05) is 19.6 Å². The average molecular weight is 356 g/mol. The Morgan fingerprint density at radius 3 is 3.00 bits per heavy atom. The molecule has 2 aromatic rings. The lowest BCUT2D eigenvalue weighted by Crippen LogP contribution is -2.62. The zero-order valence-corrected chi connectivity index (χ0v) is 14.2. The van der Waals surface area contributed by atoms with Crippen molar-refractivity contribution in [2.24, 2.45) is 5.41 Å². The minimum atomic E-state index is -0.993. The number of nitrogens with zero attached hydrogens (tertiary/aromatic N) is 3. The highest BCUT2D eigenvalue weighted by atomic mass is 16.3. The summed E-state index contributed by atoms with van der Waals surface area (Å²) in [4.78, 5) is 43.7. The largest absolute Gasteiger partial charge is 0.392 e. The fourth-order valence-electron chi connectivity index (χ4n) is 3.96. The van der Waals surface area contributed by atoms with E-state index in [1.807, 2.05) is 0 Å². The molecular formula is C18H20N4O4. The van der Waals surface area contributed by atoms with Gasteiger partial charge in [0, 0.05) is 32.0 Å². The lowest BCUT2D eigenvalue weighted by molar-refractivity contribution is -0.147. The Labute approximate surface area is 149 Å². The maximum atomic E-state index is 13.0. The number of aliphatic hydroxyl groups is 1. The van der Waals surface area contributed by atoms with Crippen LogP contribution in [0.4, 0.5) is 0 Å². The summed E-state index contributed by atoms with van der Waals surface area (Å²) >= 11 is 0. The number of hydrogen-bond donors (Lipinski definition) is 2. The van der Waals surface area contributed by atoms with Gasteiger partial charge in [0.25, 0.3) is 11.5 Å². The lowest BCUT2D eigenvalue weighted by atomic mass is 9.71. The third-order valence-corrected chi connectivity index (χ3v) is 5.45. The number of likely N-dealkylation sites (tertiary alicyclic amines) is 1. The molecule has 2 amide bonds. The molecule has 0 bridgehead atoms. The van der Waals surface area contributed by atoms with Crippen molar-refractivity contribution in [3.8, 4) is 0 Å². The standard InChI is InChI=1S/C18H20N4O4/c23-13-5-9-21(11-18(13)6-3-7-19-17(18)26)15(24)12-10-20-14-4-1-2-8-22(14)16(12)25/h1-2,4,8,10,13,23H,3,5-7,9,11H2,(H,19,26)/t13-,18+/m0/s1. The molecule has 136 valence electrons. The van der Waals surface area contributed by atoms with Gasteiger partial charge in [0.2, 0.25) is 5.91 Å². The molecule has 4 heterocycles. The first kappa shape index (κ1) is 16.7. The normalized spacial score (nSPS) is 26.1. The first-order chi connectivity index (χ1) is 12.5. The van der Waals surface area contributed by atoms with E-state index in [0.717, 1.165) is 6.42 Å². The molecule has 0 aromatic carbocycles. The monoisotopic (exact) mass is 356 g/mol. The van der Waals surface area contributed by atoms with E-state index in [-0.39, 0.29) is 18.0 Å². The highest BCUT2D eigenvalue weighted by molar-refractivity contribution is 5.95. The van der Waals surface area contributed by atoms with Crippen molar-refractivity contribution in [3.63, 3.8) is 0 Å². The summed E-state index contributed by atoms with van der Waals surface area (Å²) in [6.45, 7) is 0.985. The van der Waals surface area contributed by atoms with E-state index in [1.54, 1.807) is 24.4 Å². The molecule has 0 aliphatic carbocycles. The van der Waals surface area contributed by atoms with E-state index in [4.69, 9.17) is 0 Å². The van der Waals surface area contributed by atoms with Gasteiger partial charge in [-0.05, 0) is 31.4 Å². The summed E-state index contributed by atoms with van der Waals surface area (Å²) < 4.78 is 1.33. The lowest BCUT2D eigenvalue weighted by Gasteiger charge is -2.46. The van der Waals surface area contributed by atoms with Gasteiger partial charge in [-0.3, -0.25) is 18.8 Å². The van der Waals surface area contributed by atoms with Crippen LogP contribution in [0.3, 0.4) is 0 Å². The second-order valence-electron chi connectivity index (χ2n) is 6.95. The second-order valence-corrected chi connectivity index (χ2v) is 6.95. The van der Waals surface area contributed by atoms with E-state index in [9.17, 15) is 19.5 Å². The molecule has 0 radical (unpaired) electrons. The Kier molecular flexibility index (Phi) is 3.99. The minimum Gasteiger partial charge on any atom is -0.392 e. The Bertz CT molecular complexity index is 940. The van der Waals surface area contributed by atoms with Gasteiger partial charge in [0.05, 0.1) is 11.5 Å². The number of nitrogens with one attached hydrogen (secondary N) is 1. The fraction of sp³-hybridized carbons (Fsp3) is 0.444. The van der Waals surface area contributed by atoms with Crippen molar-refractivity contribution in [3.05, 3.63) is 46.5 Å². The molecule has 4 rings (SSSR count). The van der Waals surface area contributed by atoms with Crippen LogP contribution >= 0.6 is 0 Å². The maximum Gasteiger partial charge on any atom is 0.270 e. The molecule has 2 aliphatic heterocycles. The molecule has 0 saturated carbocycles. The molecule has 2 aromatic heterocycles. The van der Waals surface area contributed by atoms with Crippen LogP contribution in [0.1, 0.15) is 29.6 Å². The van der Waals surface area contributed by atoms with Gasteiger partial charge in [0.1, 0.15) is 11.2 Å². The number of amides is 2. The maximum absolute atomic E-state index is 13.0. The number of aliphatic hydroxyl groups excluding tert-OH is 1. The van der Waals surface area contributed by atoms with Gasteiger partial charge in [-0.1, -0.05) is 6.07 Å². The van der Waals surface area contributed by atoms with Crippen LogP contribution in [0.15, 0.2) is 35.4 Å². The van der Waals surface area contributed by atoms with Crippen LogP contribution in [0.25, 0.3) is 5.65 Å². The van der Waals surface area contributed by atoms with Crippen molar-refractivity contribution in [2.45, 2.75) is 25.4 Å². The molecule has 2 N–H and O–H groups in total. The zero-order chi connectivity index (χ0) is 18.3. The molecule has 2 saturated heterocycles. The topological polar surface area (TPSA) is 104 Å². The molecule has 2 aliphatic rings. The highest BCUT2D eigenvalue weighted by Crippen LogP contribution is 2.37. The molecule has 8 nitrogen and oxygen atoms in total. The number of fused-ring (bicyclic) bond motifs is 1. The molecular weight excluding hydrogens is 336 g/mol. The summed E-state index contributed by atoms with van der Waals surface area (Å²) in [6.07, 6.45) is 3.66. The number of pyridine rings is 1. The van der Waals surface area contributed by atoms with Crippen molar-refractivity contribution < 1.29 is 14.7 Å². The fourth-order valence-corrected chi connectivity index (χ4v) is 3.96. The first-order valence-electron chi connectivity index (χ1n) is 8.75.